The number of nitrogens with zero attached hydrogens (tertiary/aromatic N) is 1. The second-order valence-electron chi connectivity index (χ2n) is 5.27. The molecule has 0 bridgehead atoms. The highest BCUT2D eigenvalue weighted by molar-refractivity contribution is 5.88. The second kappa shape index (κ2) is 6.39. The van der Waals surface area contributed by atoms with Gasteiger partial charge in [0.15, 0.2) is 0 Å². The van der Waals surface area contributed by atoms with Crippen LogP contribution in [0, 0.1) is 0 Å². The van der Waals surface area contributed by atoms with E-state index in [1.54, 1.807) is 6.07 Å². The zero-order chi connectivity index (χ0) is 17.2. The van der Waals surface area contributed by atoms with Gasteiger partial charge in [-0.1, -0.05) is 36.4 Å². The molecule has 3 aromatic rings. The Morgan fingerprint density at radius 1 is 0.958 bits per heavy atom. The average molecular weight is 333 g/mol. The fourth-order valence-corrected chi connectivity index (χ4v) is 2.45. The average Bonchev–Trinajstić information content (AvgIpc) is 2.55. The van der Waals surface area contributed by atoms with Gasteiger partial charge in [-0.3, -0.25) is 4.79 Å². The van der Waals surface area contributed by atoms with Crippen molar-refractivity contribution in [3.05, 3.63) is 76.7 Å². The van der Waals surface area contributed by atoms with Crippen LogP contribution in [-0.2, 0) is 12.7 Å². The van der Waals surface area contributed by atoms with E-state index < -0.39 is 17.3 Å². The molecule has 3 rings (SSSR count). The van der Waals surface area contributed by atoms with Crippen molar-refractivity contribution in [1.29, 1.82) is 0 Å². The zero-order valence-corrected chi connectivity index (χ0v) is 12.6. The molecule has 124 valence electrons. The Labute approximate surface area is 135 Å². The number of benzene rings is 2. The van der Waals surface area contributed by atoms with Gasteiger partial charge in [0.1, 0.15) is 12.4 Å². The number of hydrogen-bond acceptors (Lipinski definition) is 2. The molecule has 0 unspecified atom stereocenters. The molecule has 0 amide bonds. The smallest absolute Gasteiger partial charge is 0.417 e. The Kier molecular flexibility index (Phi) is 4.29. The summed E-state index contributed by atoms with van der Waals surface area (Å²) in [6.07, 6.45) is -3.67. The maximum absolute atomic E-state index is 12.7. The van der Waals surface area contributed by atoms with Crippen molar-refractivity contribution in [2.45, 2.75) is 12.7 Å². The quantitative estimate of drug-likeness (QED) is 0.720. The number of hydrogen-bond donors (Lipinski definition) is 0. The summed E-state index contributed by atoms with van der Waals surface area (Å²) in [5, 5.41) is 1.92. The van der Waals surface area contributed by atoms with E-state index in [0.717, 1.165) is 33.7 Å². The number of halogens is 3. The van der Waals surface area contributed by atoms with Crippen LogP contribution >= 0.6 is 0 Å². The molecular formula is C18H14F3NO2. The SMILES string of the molecule is O=c1ccc(C(F)(F)F)cn1CCOc1cccc2ccccc12. The summed E-state index contributed by atoms with van der Waals surface area (Å²) >= 11 is 0. The summed E-state index contributed by atoms with van der Waals surface area (Å²) in [7, 11) is 0. The van der Waals surface area contributed by atoms with Gasteiger partial charge in [0.2, 0.25) is 0 Å². The van der Waals surface area contributed by atoms with Gasteiger partial charge in [0, 0.05) is 17.6 Å². The molecule has 0 aliphatic rings. The minimum Gasteiger partial charge on any atom is -0.491 e. The Hall–Kier alpha value is -2.76. The highest BCUT2D eigenvalue weighted by Crippen LogP contribution is 2.28. The van der Waals surface area contributed by atoms with Gasteiger partial charge in [-0.25, -0.2) is 0 Å². The van der Waals surface area contributed by atoms with E-state index in [2.05, 4.69) is 0 Å². The van der Waals surface area contributed by atoms with E-state index in [9.17, 15) is 18.0 Å². The lowest BCUT2D eigenvalue weighted by atomic mass is 10.1. The third-order valence-electron chi connectivity index (χ3n) is 3.65. The van der Waals surface area contributed by atoms with E-state index in [1.807, 2.05) is 36.4 Å². The third-order valence-corrected chi connectivity index (χ3v) is 3.65. The van der Waals surface area contributed by atoms with Crippen molar-refractivity contribution in [2.75, 3.05) is 6.61 Å². The van der Waals surface area contributed by atoms with E-state index in [-0.39, 0.29) is 13.2 Å². The normalized spacial score (nSPS) is 11.6. The summed E-state index contributed by atoms with van der Waals surface area (Å²) in [6.45, 7) is 0.126. The molecule has 0 aliphatic carbocycles. The fraction of sp³-hybridized carbons (Fsp3) is 0.167. The van der Waals surface area contributed by atoms with Crippen LogP contribution in [0.5, 0.6) is 5.75 Å². The van der Waals surface area contributed by atoms with Gasteiger partial charge in [-0.05, 0) is 17.5 Å². The highest BCUT2D eigenvalue weighted by atomic mass is 19.4. The molecule has 1 heterocycles. The summed E-state index contributed by atoms with van der Waals surface area (Å²) in [5.74, 6) is 0.633. The van der Waals surface area contributed by atoms with E-state index >= 15 is 0 Å². The fourth-order valence-electron chi connectivity index (χ4n) is 2.45. The Bertz CT molecular complexity index is 911. The summed E-state index contributed by atoms with van der Waals surface area (Å²) in [6, 6.07) is 14.9. The first-order valence-electron chi connectivity index (χ1n) is 7.33. The molecule has 0 saturated heterocycles. The second-order valence-corrected chi connectivity index (χ2v) is 5.27. The highest BCUT2D eigenvalue weighted by Gasteiger charge is 2.30. The molecule has 0 saturated carbocycles. The number of alkyl halides is 3. The topological polar surface area (TPSA) is 31.2 Å². The van der Waals surface area contributed by atoms with Crippen molar-refractivity contribution < 1.29 is 17.9 Å². The van der Waals surface area contributed by atoms with Crippen molar-refractivity contribution in [1.82, 2.24) is 4.57 Å². The van der Waals surface area contributed by atoms with E-state index in [0.29, 0.717) is 5.75 Å². The summed E-state index contributed by atoms with van der Waals surface area (Å²) in [5.41, 5.74) is -1.35. The van der Waals surface area contributed by atoms with Crippen molar-refractivity contribution >= 4 is 10.8 Å². The molecule has 0 fully saturated rings. The standard InChI is InChI=1S/C18H14F3NO2/c19-18(20,21)14-8-9-17(23)22(12-14)10-11-24-16-7-3-5-13-4-1-2-6-15(13)16/h1-9,12H,10-11H2. The first-order valence-corrected chi connectivity index (χ1v) is 7.33. The summed E-state index contributed by atoms with van der Waals surface area (Å²) < 4.78 is 44.8. The molecule has 0 N–H and O–H groups in total. The van der Waals surface area contributed by atoms with Gasteiger partial charge < -0.3 is 9.30 Å². The van der Waals surface area contributed by atoms with E-state index in [4.69, 9.17) is 4.74 Å². The molecule has 0 aliphatic heterocycles. The van der Waals surface area contributed by atoms with Crippen LogP contribution in [-0.4, -0.2) is 11.2 Å². The lowest BCUT2D eigenvalue weighted by Crippen LogP contribution is -2.24. The predicted octanol–water partition coefficient (Wildman–Crippen LogP) is 4.10. The number of fused-ring (bicyclic) bond motifs is 1. The van der Waals surface area contributed by atoms with Crippen molar-refractivity contribution in [3.63, 3.8) is 0 Å². The molecule has 0 radical (unpaired) electrons. The van der Waals surface area contributed by atoms with Gasteiger partial charge in [-0.15, -0.1) is 0 Å². The minimum atomic E-state index is -4.48. The molecular weight excluding hydrogens is 319 g/mol. The molecule has 2 aromatic carbocycles. The number of rotatable bonds is 4. The monoisotopic (exact) mass is 333 g/mol. The van der Waals surface area contributed by atoms with Gasteiger partial charge in [0.05, 0.1) is 12.1 Å². The van der Waals surface area contributed by atoms with Crippen LogP contribution in [0.1, 0.15) is 5.56 Å². The maximum atomic E-state index is 12.7. The van der Waals surface area contributed by atoms with Crippen molar-refractivity contribution in [3.8, 4) is 5.75 Å². The van der Waals surface area contributed by atoms with E-state index in [1.165, 1.54) is 0 Å². The zero-order valence-electron chi connectivity index (χ0n) is 12.6. The molecule has 0 atom stereocenters. The Morgan fingerprint density at radius 3 is 2.50 bits per heavy atom. The largest absolute Gasteiger partial charge is 0.491 e. The first kappa shape index (κ1) is 16.1. The lowest BCUT2D eigenvalue weighted by Gasteiger charge is -2.12. The molecule has 24 heavy (non-hydrogen) atoms. The number of pyridine rings is 1. The Morgan fingerprint density at radius 2 is 1.71 bits per heavy atom. The first-order chi connectivity index (χ1) is 11.4. The summed E-state index contributed by atoms with van der Waals surface area (Å²) in [4.78, 5) is 11.7. The minimum absolute atomic E-state index is 0.0337. The van der Waals surface area contributed by atoms with Gasteiger partial charge in [-0.2, -0.15) is 13.2 Å². The van der Waals surface area contributed by atoms with Crippen LogP contribution in [0.25, 0.3) is 10.8 Å². The third kappa shape index (κ3) is 3.42. The van der Waals surface area contributed by atoms with Crippen LogP contribution in [0.15, 0.2) is 65.6 Å². The molecule has 0 spiro atoms. The predicted molar refractivity (Wildman–Crippen MR) is 85.1 cm³/mol. The van der Waals surface area contributed by atoms with Crippen LogP contribution in [0.2, 0.25) is 0 Å². The van der Waals surface area contributed by atoms with Crippen molar-refractivity contribution in [2.24, 2.45) is 0 Å². The van der Waals surface area contributed by atoms with Gasteiger partial charge >= 0.3 is 6.18 Å². The number of aromatic nitrogens is 1. The maximum Gasteiger partial charge on any atom is 0.417 e. The van der Waals surface area contributed by atoms with Crippen LogP contribution < -0.4 is 10.3 Å². The van der Waals surface area contributed by atoms with Crippen LogP contribution in [0.4, 0.5) is 13.2 Å². The number of ether oxygens (including phenoxy) is 1. The molecule has 6 heteroatoms. The Balaban J connectivity index is 1.76. The van der Waals surface area contributed by atoms with Gasteiger partial charge in [0.25, 0.3) is 5.56 Å². The van der Waals surface area contributed by atoms with Crippen LogP contribution in [0.3, 0.4) is 0 Å². The molecule has 1 aromatic heterocycles. The molecule has 3 nitrogen and oxygen atoms in total. The lowest BCUT2D eigenvalue weighted by molar-refractivity contribution is -0.138.